The van der Waals surface area contributed by atoms with Crippen molar-refractivity contribution < 1.29 is 19.2 Å². The zero-order valence-corrected chi connectivity index (χ0v) is 15.1. The summed E-state index contributed by atoms with van der Waals surface area (Å²) in [4.78, 5) is 22.9. The van der Waals surface area contributed by atoms with Crippen LogP contribution in [0.15, 0.2) is 72.8 Å². The highest BCUT2D eigenvalue weighted by atomic mass is 16.6. The molecule has 0 heterocycles. The Balaban J connectivity index is 1.67. The molecule has 0 spiro atoms. The molecule has 7 heteroatoms. The fourth-order valence-corrected chi connectivity index (χ4v) is 2.50. The highest BCUT2D eigenvalue weighted by molar-refractivity contribution is 5.93. The lowest BCUT2D eigenvalue weighted by Gasteiger charge is -2.12. The Morgan fingerprint density at radius 1 is 1.00 bits per heavy atom. The lowest BCUT2D eigenvalue weighted by atomic mass is 10.2. The Bertz CT molecular complexity index is 989. The third-order valence-corrected chi connectivity index (χ3v) is 3.80. The Kier molecular flexibility index (Phi) is 5.86. The molecule has 3 aromatic rings. The number of carbonyl (C=O) groups is 1. The lowest BCUT2D eigenvalue weighted by molar-refractivity contribution is -0.385. The summed E-state index contributed by atoms with van der Waals surface area (Å²) in [6.07, 6.45) is 0. The summed E-state index contributed by atoms with van der Waals surface area (Å²) in [5, 5.41) is 13.8. The maximum absolute atomic E-state index is 12.3. The van der Waals surface area contributed by atoms with Gasteiger partial charge in [0.15, 0.2) is 18.1 Å². The SMILES string of the molecule is Cc1ccc(OCC(=O)Nc2ccccc2Oc2ccccc2)c([N+](=O)[O-])c1. The van der Waals surface area contributed by atoms with Gasteiger partial charge in [-0.25, -0.2) is 0 Å². The van der Waals surface area contributed by atoms with Crippen molar-refractivity contribution in [2.45, 2.75) is 6.92 Å². The maximum Gasteiger partial charge on any atom is 0.311 e. The molecule has 7 nitrogen and oxygen atoms in total. The van der Waals surface area contributed by atoms with E-state index in [-0.39, 0.29) is 18.0 Å². The van der Waals surface area contributed by atoms with Crippen molar-refractivity contribution >= 4 is 17.3 Å². The number of nitro groups is 1. The molecule has 142 valence electrons. The second-order valence-electron chi connectivity index (χ2n) is 5.98. The molecule has 1 amide bonds. The van der Waals surface area contributed by atoms with Gasteiger partial charge in [-0.2, -0.15) is 0 Å². The number of hydrogen-bond donors (Lipinski definition) is 1. The van der Waals surface area contributed by atoms with Gasteiger partial charge >= 0.3 is 5.69 Å². The third-order valence-electron chi connectivity index (χ3n) is 3.80. The van der Waals surface area contributed by atoms with E-state index in [1.807, 2.05) is 18.2 Å². The van der Waals surface area contributed by atoms with E-state index in [9.17, 15) is 14.9 Å². The van der Waals surface area contributed by atoms with Gasteiger partial charge in [-0.3, -0.25) is 14.9 Å². The third kappa shape index (κ3) is 4.85. The molecular formula is C21H18N2O5. The Morgan fingerprint density at radius 2 is 1.71 bits per heavy atom. The van der Waals surface area contributed by atoms with Crippen molar-refractivity contribution in [2.75, 3.05) is 11.9 Å². The van der Waals surface area contributed by atoms with Gasteiger partial charge < -0.3 is 14.8 Å². The summed E-state index contributed by atoms with van der Waals surface area (Å²) in [5.41, 5.74) is 1.02. The number of para-hydroxylation sites is 3. The summed E-state index contributed by atoms with van der Waals surface area (Å²) < 4.78 is 11.1. The molecule has 0 aliphatic heterocycles. The van der Waals surface area contributed by atoms with Crippen LogP contribution in [0.4, 0.5) is 11.4 Å². The monoisotopic (exact) mass is 378 g/mol. The summed E-state index contributed by atoms with van der Waals surface area (Å²) in [6.45, 7) is 1.37. The number of benzene rings is 3. The zero-order valence-electron chi connectivity index (χ0n) is 15.1. The van der Waals surface area contributed by atoms with Gasteiger partial charge in [0.2, 0.25) is 0 Å². The number of hydrogen-bond acceptors (Lipinski definition) is 5. The minimum absolute atomic E-state index is 0.0413. The van der Waals surface area contributed by atoms with Gasteiger partial charge in [-0.15, -0.1) is 0 Å². The van der Waals surface area contributed by atoms with Gasteiger partial charge in [-0.1, -0.05) is 36.4 Å². The Labute approximate surface area is 161 Å². The van der Waals surface area contributed by atoms with Crippen LogP contribution in [0, 0.1) is 17.0 Å². The molecule has 3 rings (SSSR count). The van der Waals surface area contributed by atoms with E-state index in [2.05, 4.69) is 5.32 Å². The fraction of sp³-hybridized carbons (Fsp3) is 0.0952. The number of amides is 1. The molecule has 0 saturated heterocycles. The quantitative estimate of drug-likeness (QED) is 0.475. The minimum Gasteiger partial charge on any atom is -0.477 e. The highest BCUT2D eigenvalue weighted by Crippen LogP contribution is 2.30. The first-order chi connectivity index (χ1) is 13.5. The average Bonchev–Trinajstić information content (AvgIpc) is 2.69. The lowest BCUT2D eigenvalue weighted by Crippen LogP contribution is -2.20. The first-order valence-electron chi connectivity index (χ1n) is 8.52. The molecule has 0 fully saturated rings. The zero-order chi connectivity index (χ0) is 19.9. The molecule has 0 bridgehead atoms. The van der Waals surface area contributed by atoms with Gasteiger partial charge in [0, 0.05) is 6.07 Å². The number of nitrogens with zero attached hydrogens (tertiary/aromatic N) is 1. The van der Waals surface area contributed by atoms with Gasteiger partial charge in [0.25, 0.3) is 5.91 Å². The predicted molar refractivity (Wildman–Crippen MR) is 105 cm³/mol. The van der Waals surface area contributed by atoms with Crippen molar-refractivity contribution in [3.05, 3.63) is 88.5 Å². The van der Waals surface area contributed by atoms with Crippen LogP contribution in [0.3, 0.4) is 0 Å². The van der Waals surface area contributed by atoms with Crippen LogP contribution in [-0.2, 0) is 4.79 Å². The van der Waals surface area contributed by atoms with Crippen LogP contribution >= 0.6 is 0 Å². The van der Waals surface area contributed by atoms with Crippen LogP contribution in [0.25, 0.3) is 0 Å². The molecule has 28 heavy (non-hydrogen) atoms. The van der Waals surface area contributed by atoms with Crippen molar-refractivity contribution in [2.24, 2.45) is 0 Å². The van der Waals surface area contributed by atoms with Crippen molar-refractivity contribution in [1.29, 1.82) is 0 Å². The summed E-state index contributed by atoms with van der Waals surface area (Å²) in [5.74, 6) is 0.692. The van der Waals surface area contributed by atoms with Gasteiger partial charge in [0.1, 0.15) is 5.75 Å². The molecule has 0 unspecified atom stereocenters. The summed E-state index contributed by atoms with van der Waals surface area (Å²) >= 11 is 0. The molecule has 1 N–H and O–H groups in total. The first-order valence-corrected chi connectivity index (χ1v) is 8.52. The van der Waals surface area contributed by atoms with Crippen molar-refractivity contribution in [1.82, 2.24) is 0 Å². The van der Waals surface area contributed by atoms with Crippen LogP contribution in [0.5, 0.6) is 17.2 Å². The van der Waals surface area contributed by atoms with Gasteiger partial charge in [-0.05, 0) is 42.8 Å². The standard InChI is InChI=1S/C21H18N2O5/c1-15-11-12-20(18(13-15)23(25)26)27-14-21(24)22-17-9-5-6-10-19(17)28-16-7-3-2-4-8-16/h2-13H,14H2,1H3,(H,22,24). The topological polar surface area (TPSA) is 90.7 Å². The average molecular weight is 378 g/mol. The molecular weight excluding hydrogens is 360 g/mol. The van der Waals surface area contributed by atoms with Crippen LogP contribution in [-0.4, -0.2) is 17.4 Å². The Morgan fingerprint density at radius 3 is 2.46 bits per heavy atom. The minimum atomic E-state index is -0.538. The molecule has 0 aliphatic rings. The second-order valence-corrected chi connectivity index (χ2v) is 5.98. The van der Waals surface area contributed by atoms with Crippen LogP contribution in [0.1, 0.15) is 5.56 Å². The number of anilines is 1. The Hall–Kier alpha value is -3.87. The molecule has 0 saturated carbocycles. The largest absolute Gasteiger partial charge is 0.477 e. The van der Waals surface area contributed by atoms with E-state index in [4.69, 9.17) is 9.47 Å². The normalized spacial score (nSPS) is 10.2. The number of nitrogens with one attached hydrogen (secondary N) is 1. The number of nitro benzene ring substituents is 1. The fourth-order valence-electron chi connectivity index (χ4n) is 2.50. The second kappa shape index (κ2) is 8.68. The molecule has 3 aromatic carbocycles. The molecule has 0 aromatic heterocycles. The van der Waals surface area contributed by atoms with E-state index in [0.717, 1.165) is 5.56 Å². The number of carbonyl (C=O) groups excluding carboxylic acids is 1. The van der Waals surface area contributed by atoms with Crippen molar-refractivity contribution in [3.63, 3.8) is 0 Å². The van der Waals surface area contributed by atoms with Crippen LogP contribution in [0.2, 0.25) is 0 Å². The number of aryl methyl sites for hydroxylation is 1. The van der Waals surface area contributed by atoms with Crippen LogP contribution < -0.4 is 14.8 Å². The van der Waals surface area contributed by atoms with E-state index in [1.165, 1.54) is 12.1 Å². The predicted octanol–water partition coefficient (Wildman–Crippen LogP) is 4.71. The van der Waals surface area contributed by atoms with Crippen molar-refractivity contribution in [3.8, 4) is 17.2 Å². The number of rotatable bonds is 7. The van der Waals surface area contributed by atoms with E-state index >= 15 is 0 Å². The molecule has 0 aliphatic carbocycles. The first kappa shape index (κ1) is 18.9. The van der Waals surface area contributed by atoms with Gasteiger partial charge in [0.05, 0.1) is 10.6 Å². The van der Waals surface area contributed by atoms with E-state index in [0.29, 0.717) is 17.2 Å². The smallest absolute Gasteiger partial charge is 0.311 e. The highest BCUT2D eigenvalue weighted by Gasteiger charge is 2.17. The molecule has 0 atom stereocenters. The summed E-state index contributed by atoms with van der Waals surface area (Å²) in [6, 6.07) is 20.7. The number of ether oxygens (including phenoxy) is 2. The van der Waals surface area contributed by atoms with E-state index in [1.54, 1.807) is 49.4 Å². The summed E-state index contributed by atoms with van der Waals surface area (Å²) in [7, 11) is 0. The van der Waals surface area contributed by atoms with E-state index < -0.39 is 10.8 Å². The molecule has 0 radical (unpaired) electrons. The maximum atomic E-state index is 12.3.